The van der Waals surface area contributed by atoms with Crippen LogP contribution >= 0.6 is 11.8 Å². The lowest BCUT2D eigenvalue weighted by Gasteiger charge is -2.04. The maximum absolute atomic E-state index is 11.8. The third kappa shape index (κ3) is 3.34. The fourth-order valence-corrected chi connectivity index (χ4v) is 3.42. The zero-order chi connectivity index (χ0) is 17.2. The lowest BCUT2D eigenvalue weighted by atomic mass is 10.1. The van der Waals surface area contributed by atoms with E-state index in [0.717, 1.165) is 27.9 Å². The number of H-pyrrole nitrogens is 1. The van der Waals surface area contributed by atoms with Gasteiger partial charge in [0.25, 0.3) is 0 Å². The highest BCUT2D eigenvalue weighted by Gasteiger charge is 2.10. The van der Waals surface area contributed by atoms with Crippen LogP contribution in [0.15, 0.2) is 69.0 Å². The van der Waals surface area contributed by atoms with Gasteiger partial charge in [0.2, 0.25) is 5.16 Å². The Hall–Kier alpha value is -2.86. The Morgan fingerprint density at radius 2 is 1.96 bits per heavy atom. The lowest BCUT2D eigenvalue weighted by Crippen LogP contribution is -2.00. The highest BCUT2D eigenvalue weighted by molar-refractivity contribution is 7.98. The molecule has 0 fully saturated rings. The van der Waals surface area contributed by atoms with Gasteiger partial charge in [-0.1, -0.05) is 54.2 Å². The van der Waals surface area contributed by atoms with Crippen LogP contribution in [0.2, 0.25) is 0 Å². The first-order valence-electron chi connectivity index (χ1n) is 7.83. The second kappa shape index (κ2) is 6.57. The van der Waals surface area contributed by atoms with E-state index in [-0.39, 0.29) is 5.63 Å². The van der Waals surface area contributed by atoms with E-state index in [1.54, 1.807) is 0 Å². The van der Waals surface area contributed by atoms with Gasteiger partial charge in [0.15, 0.2) is 5.82 Å². The van der Waals surface area contributed by atoms with Crippen LogP contribution in [0.3, 0.4) is 0 Å². The summed E-state index contributed by atoms with van der Waals surface area (Å²) in [5.74, 6) is 1.33. The molecule has 4 rings (SSSR count). The van der Waals surface area contributed by atoms with Crippen molar-refractivity contribution in [3.8, 4) is 11.4 Å². The van der Waals surface area contributed by atoms with Gasteiger partial charge in [-0.25, -0.2) is 9.78 Å². The minimum Gasteiger partial charge on any atom is -0.423 e. The summed E-state index contributed by atoms with van der Waals surface area (Å²) in [5, 5.41) is 8.79. The van der Waals surface area contributed by atoms with Crippen molar-refractivity contribution in [1.29, 1.82) is 0 Å². The van der Waals surface area contributed by atoms with Crippen molar-refractivity contribution in [2.45, 2.75) is 17.8 Å². The van der Waals surface area contributed by atoms with E-state index in [1.807, 2.05) is 55.5 Å². The van der Waals surface area contributed by atoms with E-state index in [4.69, 9.17) is 4.42 Å². The Morgan fingerprint density at radius 3 is 2.80 bits per heavy atom. The topological polar surface area (TPSA) is 71.8 Å². The number of hydrogen-bond acceptors (Lipinski definition) is 5. The summed E-state index contributed by atoms with van der Waals surface area (Å²) in [6.07, 6.45) is 0. The monoisotopic (exact) mass is 349 g/mol. The van der Waals surface area contributed by atoms with Crippen molar-refractivity contribution in [2.75, 3.05) is 0 Å². The Labute approximate surface area is 148 Å². The van der Waals surface area contributed by atoms with E-state index in [9.17, 15) is 4.79 Å². The first-order chi connectivity index (χ1) is 12.2. The summed E-state index contributed by atoms with van der Waals surface area (Å²) in [6.45, 7) is 1.97. The molecular formula is C19H15N3O2S. The van der Waals surface area contributed by atoms with Crippen LogP contribution in [0, 0.1) is 6.92 Å². The molecule has 6 heteroatoms. The summed E-state index contributed by atoms with van der Waals surface area (Å²) in [6, 6.07) is 17.3. The molecule has 0 bridgehead atoms. The predicted molar refractivity (Wildman–Crippen MR) is 98.6 cm³/mol. The Morgan fingerprint density at radius 1 is 1.12 bits per heavy atom. The molecule has 2 aromatic carbocycles. The molecule has 0 amide bonds. The number of nitrogens with one attached hydrogen (secondary N) is 1. The zero-order valence-electron chi connectivity index (χ0n) is 13.5. The Kier molecular flexibility index (Phi) is 4.11. The number of aryl methyl sites for hydroxylation is 1. The Bertz CT molecular complexity index is 1090. The van der Waals surface area contributed by atoms with Crippen LogP contribution in [-0.4, -0.2) is 15.2 Å². The molecule has 2 heterocycles. The highest BCUT2D eigenvalue weighted by Crippen LogP contribution is 2.26. The standard InChI is InChI=1S/C19H15N3O2S/c1-12-7-8-15-14(10-17(23)24-16(15)9-12)11-25-19-20-18(21-22-19)13-5-3-2-4-6-13/h2-10H,11H2,1H3,(H,20,21,22). The Balaban J connectivity index is 1.59. The molecule has 25 heavy (non-hydrogen) atoms. The van der Waals surface area contributed by atoms with Gasteiger partial charge in [0.05, 0.1) is 0 Å². The molecule has 1 N–H and O–H groups in total. The molecule has 0 saturated heterocycles. The van der Waals surface area contributed by atoms with E-state index in [2.05, 4.69) is 15.2 Å². The minimum atomic E-state index is -0.339. The van der Waals surface area contributed by atoms with Crippen molar-refractivity contribution < 1.29 is 4.42 Å². The van der Waals surface area contributed by atoms with Gasteiger partial charge in [-0.05, 0) is 24.1 Å². The molecule has 4 aromatic rings. The fourth-order valence-electron chi connectivity index (χ4n) is 2.63. The molecule has 0 unspecified atom stereocenters. The average molecular weight is 349 g/mol. The highest BCUT2D eigenvalue weighted by atomic mass is 32.2. The third-order valence-electron chi connectivity index (χ3n) is 3.85. The number of fused-ring (bicyclic) bond motifs is 1. The molecule has 0 saturated carbocycles. The summed E-state index contributed by atoms with van der Waals surface area (Å²) in [4.78, 5) is 16.3. The number of aromatic nitrogens is 3. The molecular weight excluding hydrogens is 334 g/mol. The average Bonchev–Trinajstić information content (AvgIpc) is 3.09. The first kappa shape index (κ1) is 15.7. The van der Waals surface area contributed by atoms with Gasteiger partial charge in [0.1, 0.15) is 5.58 Å². The number of nitrogens with zero attached hydrogens (tertiary/aromatic N) is 2. The smallest absolute Gasteiger partial charge is 0.336 e. The molecule has 5 nitrogen and oxygen atoms in total. The van der Waals surface area contributed by atoms with Crippen LogP contribution in [-0.2, 0) is 5.75 Å². The van der Waals surface area contributed by atoms with Crippen molar-refractivity contribution in [3.05, 3.63) is 76.1 Å². The molecule has 0 aliphatic heterocycles. The predicted octanol–water partition coefficient (Wildman–Crippen LogP) is 4.18. The summed E-state index contributed by atoms with van der Waals surface area (Å²) >= 11 is 1.48. The minimum absolute atomic E-state index is 0.339. The van der Waals surface area contributed by atoms with Gasteiger partial charge in [0, 0.05) is 22.8 Å². The van der Waals surface area contributed by atoms with Gasteiger partial charge in [-0.3, -0.25) is 5.10 Å². The van der Waals surface area contributed by atoms with Crippen LogP contribution < -0.4 is 5.63 Å². The van der Waals surface area contributed by atoms with Crippen molar-refractivity contribution in [2.24, 2.45) is 0 Å². The lowest BCUT2D eigenvalue weighted by molar-refractivity contribution is 0.559. The molecule has 124 valence electrons. The molecule has 0 aliphatic rings. The van der Waals surface area contributed by atoms with Gasteiger partial charge < -0.3 is 4.42 Å². The number of benzene rings is 2. The summed E-state index contributed by atoms with van der Waals surface area (Å²) in [7, 11) is 0. The van der Waals surface area contributed by atoms with Crippen LogP contribution in [0.4, 0.5) is 0 Å². The molecule has 2 aromatic heterocycles. The summed E-state index contributed by atoms with van der Waals surface area (Å²) < 4.78 is 5.29. The number of rotatable bonds is 4. The zero-order valence-corrected chi connectivity index (χ0v) is 14.3. The largest absolute Gasteiger partial charge is 0.423 e. The summed E-state index contributed by atoms with van der Waals surface area (Å²) in [5.41, 5.74) is 3.24. The normalized spacial score (nSPS) is 11.1. The molecule has 0 aliphatic carbocycles. The first-order valence-corrected chi connectivity index (χ1v) is 8.81. The number of hydrogen-bond donors (Lipinski definition) is 1. The van der Waals surface area contributed by atoms with E-state index in [1.165, 1.54) is 17.8 Å². The fraction of sp³-hybridized carbons (Fsp3) is 0.105. The van der Waals surface area contributed by atoms with Crippen LogP contribution in [0.25, 0.3) is 22.4 Å². The van der Waals surface area contributed by atoms with E-state index in [0.29, 0.717) is 16.5 Å². The number of thioether (sulfide) groups is 1. The second-order valence-corrected chi connectivity index (χ2v) is 6.65. The van der Waals surface area contributed by atoms with Gasteiger partial charge >= 0.3 is 5.63 Å². The molecule has 0 spiro atoms. The second-order valence-electron chi connectivity index (χ2n) is 5.71. The number of aromatic amines is 1. The van der Waals surface area contributed by atoms with E-state index < -0.39 is 0 Å². The van der Waals surface area contributed by atoms with Crippen LogP contribution in [0.1, 0.15) is 11.1 Å². The molecule has 0 atom stereocenters. The quantitative estimate of drug-likeness (QED) is 0.442. The van der Waals surface area contributed by atoms with Gasteiger partial charge in [-0.15, -0.1) is 5.10 Å². The van der Waals surface area contributed by atoms with Crippen molar-refractivity contribution in [1.82, 2.24) is 15.2 Å². The van der Waals surface area contributed by atoms with E-state index >= 15 is 0 Å². The third-order valence-corrected chi connectivity index (χ3v) is 4.75. The van der Waals surface area contributed by atoms with Crippen LogP contribution in [0.5, 0.6) is 0 Å². The maximum atomic E-state index is 11.8. The van der Waals surface area contributed by atoms with Crippen molar-refractivity contribution in [3.63, 3.8) is 0 Å². The van der Waals surface area contributed by atoms with Gasteiger partial charge in [-0.2, -0.15) is 0 Å². The molecule has 0 radical (unpaired) electrons. The maximum Gasteiger partial charge on any atom is 0.336 e. The van der Waals surface area contributed by atoms with Crippen molar-refractivity contribution >= 4 is 22.7 Å². The SMILES string of the molecule is Cc1ccc2c(CSc3n[nH]c(-c4ccccc4)n3)cc(=O)oc2c1.